The fourth-order valence-electron chi connectivity index (χ4n) is 2.53. The van der Waals surface area contributed by atoms with Crippen LogP contribution in [0.1, 0.15) is 25.5 Å². The number of nitrogens with two attached hydrogens (primary N) is 1. The summed E-state index contributed by atoms with van der Waals surface area (Å²) in [5.74, 6) is -0.0522. The molecular formula is C11H20N3O13P3. The van der Waals surface area contributed by atoms with Crippen molar-refractivity contribution in [2.75, 3.05) is 12.3 Å². The minimum Gasteiger partial charge on any atom is -0.388 e. The molecule has 1 aromatic rings. The molecule has 1 aromatic heterocycles. The van der Waals surface area contributed by atoms with E-state index in [-0.39, 0.29) is 18.7 Å². The normalized spacial score (nSPS) is 27.0. The van der Waals surface area contributed by atoms with Crippen LogP contribution in [-0.2, 0) is 31.6 Å². The Bertz CT molecular complexity index is 948. The highest BCUT2D eigenvalue weighted by atomic mass is 31.3. The molecule has 1 saturated heterocycles. The van der Waals surface area contributed by atoms with Gasteiger partial charge >= 0.3 is 29.2 Å². The molecule has 2 heterocycles. The Morgan fingerprint density at radius 1 is 1.17 bits per heavy atom. The molecule has 0 aromatic carbocycles. The van der Waals surface area contributed by atoms with Crippen LogP contribution in [0.15, 0.2) is 17.1 Å². The summed E-state index contributed by atoms with van der Waals surface area (Å²) >= 11 is 0. The van der Waals surface area contributed by atoms with Crippen molar-refractivity contribution in [1.82, 2.24) is 9.55 Å². The van der Waals surface area contributed by atoms with Crippen LogP contribution < -0.4 is 11.4 Å². The van der Waals surface area contributed by atoms with Crippen LogP contribution in [0.2, 0.25) is 0 Å². The van der Waals surface area contributed by atoms with Crippen LogP contribution in [0.4, 0.5) is 5.82 Å². The molecule has 0 amide bonds. The third-order valence-electron chi connectivity index (χ3n) is 3.65. The molecule has 1 aliphatic rings. The van der Waals surface area contributed by atoms with Gasteiger partial charge in [-0.05, 0) is 25.3 Å². The zero-order chi connectivity index (χ0) is 22.7. The quantitative estimate of drug-likeness (QED) is 0.251. The summed E-state index contributed by atoms with van der Waals surface area (Å²) in [6, 6.07) is 1.30. The average Bonchev–Trinajstić information content (AvgIpc) is 2.71. The van der Waals surface area contributed by atoms with E-state index in [4.69, 9.17) is 25.2 Å². The predicted octanol–water partition coefficient (Wildman–Crippen LogP) is -0.403. The van der Waals surface area contributed by atoms with E-state index >= 15 is 0 Å². The van der Waals surface area contributed by atoms with Crippen molar-refractivity contribution in [3.63, 3.8) is 0 Å². The molecule has 19 heteroatoms. The van der Waals surface area contributed by atoms with Gasteiger partial charge in [-0.3, -0.25) is 9.09 Å². The van der Waals surface area contributed by atoms with Crippen molar-refractivity contribution in [2.24, 2.45) is 0 Å². The Balaban J connectivity index is 2.07. The lowest BCUT2D eigenvalue weighted by molar-refractivity contribution is -0.119. The van der Waals surface area contributed by atoms with Crippen molar-refractivity contribution in [2.45, 2.75) is 37.7 Å². The number of phosphoric ester groups is 1. The average molecular weight is 495 g/mol. The third kappa shape index (κ3) is 7.93. The van der Waals surface area contributed by atoms with Crippen LogP contribution >= 0.6 is 23.5 Å². The molecule has 1 aliphatic heterocycles. The van der Waals surface area contributed by atoms with Gasteiger partial charge in [0.1, 0.15) is 5.82 Å². The van der Waals surface area contributed by atoms with Crippen molar-refractivity contribution < 1.29 is 56.3 Å². The molecule has 1 fully saturated rings. The van der Waals surface area contributed by atoms with Crippen molar-refractivity contribution >= 4 is 29.3 Å². The fourth-order valence-corrected chi connectivity index (χ4v) is 5.58. The number of anilines is 1. The lowest BCUT2D eigenvalue weighted by atomic mass is 10.1. The summed E-state index contributed by atoms with van der Waals surface area (Å²) in [6.45, 7) is -0.704. The predicted molar refractivity (Wildman–Crippen MR) is 96.5 cm³/mol. The van der Waals surface area contributed by atoms with Gasteiger partial charge in [-0.2, -0.15) is 13.6 Å². The van der Waals surface area contributed by atoms with Gasteiger partial charge in [0.25, 0.3) is 0 Å². The number of ether oxygens (including phenoxy) is 1. The highest BCUT2D eigenvalue weighted by Gasteiger charge is 2.41. The molecule has 0 bridgehead atoms. The monoisotopic (exact) mass is 495 g/mol. The molecule has 16 nitrogen and oxygen atoms in total. The van der Waals surface area contributed by atoms with E-state index in [2.05, 4.69) is 18.1 Å². The summed E-state index contributed by atoms with van der Waals surface area (Å²) in [5, 5.41) is 10.2. The van der Waals surface area contributed by atoms with E-state index in [0.717, 1.165) is 4.57 Å². The van der Waals surface area contributed by atoms with E-state index in [0.29, 0.717) is 6.42 Å². The number of aromatic nitrogens is 2. The number of nitrogens with zero attached hydrogens (tertiary/aromatic N) is 2. The van der Waals surface area contributed by atoms with E-state index in [1.807, 2.05) is 0 Å². The molecule has 172 valence electrons. The highest BCUT2D eigenvalue weighted by Crippen LogP contribution is 2.66. The number of aliphatic hydroxyl groups is 1. The van der Waals surface area contributed by atoms with Crippen LogP contribution in [-0.4, -0.2) is 53.0 Å². The summed E-state index contributed by atoms with van der Waals surface area (Å²) in [7, 11) is -16.5. The summed E-state index contributed by atoms with van der Waals surface area (Å²) in [5.41, 5.74) is 4.60. The Morgan fingerprint density at radius 2 is 1.83 bits per heavy atom. The van der Waals surface area contributed by atoms with E-state index in [9.17, 15) is 28.5 Å². The van der Waals surface area contributed by atoms with Gasteiger partial charge in [0.15, 0.2) is 6.23 Å². The summed E-state index contributed by atoms with van der Waals surface area (Å²) in [6.07, 6.45) is -1.36. The zero-order valence-corrected chi connectivity index (χ0v) is 17.7. The van der Waals surface area contributed by atoms with Crippen LogP contribution in [0.3, 0.4) is 0 Å². The molecule has 0 aliphatic carbocycles. The lowest BCUT2D eigenvalue weighted by Gasteiger charge is -2.26. The summed E-state index contributed by atoms with van der Waals surface area (Å²) < 4.78 is 52.1. The van der Waals surface area contributed by atoms with Gasteiger partial charge in [-0.25, -0.2) is 18.5 Å². The maximum absolute atomic E-state index is 12.0. The van der Waals surface area contributed by atoms with Gasteiger partial charge < -0.3 is 35.2 Å². The molecule has 30 heavy (non-hydrogen) atoms. The molecule has 7 N–H and O–H groups in total. The smallest absolute Gasteiger partial charge is 0.388 e. The molecule has 0 radical (unpaired) electrons. The molecule has 0 saturated carbocycles. The second-order valence-corrected chi connectivity index (χ2v) is 10.5. The largest absolute Gasteiger partial charge is 0.490 e. The first-order valence-electron chi connectivity index (χ1n) is 8.14. The second-order valence-electron chi connectivity index (χ2n) is 6.08. The molecule has 0 spiro atoms. The first-order chi connectivity index (χ1) is 13.7. The first-order valence-corrected chi connectivity index (χ1v) is 12.7. The van der Waals surface area contributed by atoms with Gasteiger partial charge in [0, 0.05) is 6.20 Å². The van der Waals surface area contributed by atoms with E-state index in [1.165, 1.54) is 12.3 Å². The Morgan fingerprint density at radius 3 is 2.43 bits per heavy atom. The minimum atomic E-state index is -5.64. The maximum Gasteiger partial charge on any atom is 0.490 e. The van der Waals surface area contributed by atoms with Gasteiger partial charge in [-0.15, -0.1) is 0 Å². The van der Waals surface area contributed by atoms with Gasteiger partial charge in [0.2, 0.25) is 0 Å². The standard InChI is InChI=1S/C11H20N3O13P3/c12-9-4-5-14(11(16)13-9)10-8(15)3-1-2-7(25-10)6-24-29(20,21)27-30(22,23)26-28(17,18)19/h4-5,7-8,10,15H,1-3,6H2,(H,20,21)(H,22,23)(H2,12,13,16)(H2,17,18,19)/t7-,8+,10+/m0/s1. The minimum absolute atomic E-state index is 0.0522. The fraction of sp³-hybridized carbons (Fsp3) is 0.636. The number of aliphatic hydroxyl groups excluding tert-OH is 1. The topological polar surface area (TPSA) is 250 Å². The van der Waals surface area contributed by atoms with Crippen LogP contribution in [0.5, 0.6) is 0 Å². The first kappa shape index (κ1) is 25.3. The molecule has 2 rings (SSSR count). The Kier molecular flexibility index (Phi) is 8.13. The second kappa shape index (κ2) is 9.65. The zero-order valence-electron chi connectivity index (χ0n) is 15.0. The highest BCUT2D eigenvalue weighted by molar-refractivity contribution is 7.66. The Hall–Kier alpha value is -0.990. The van der Waals surface area contributed by atoms with Crippen molar-refractivity contribution in [1.29, 1.82) is 0 Å². The molecular weight excluding hydrogens is 475 g/mol. The van der Waals surface area contributed by atoms with Gasteiger partial charge in [-0.1, -0.05) is 0 Å². The maximum atomic E-state index is 12.0. The SMILES string of the molecule is Nc1ccn([C@@H]2O[C@H](COP(=O)(O)OP(=O)(O)OP(=O)(O)O)CCC[C@H]2O)c(=O)n1. The number of rotatable bonds is 8. The summed E-state index contributed by atoms with van der Waals surface area (Å²) in [4.78, 5) is 51.2. The van der Waals surface area contributed by atoms with Crippen molar-refractivity contribution in [3.8, 4) is 0 Å². The van der Waals surface area contributed by atoms with Gasteiger partial charge in [0.05, 0.1) is 18.8 Å². The van der Waals surface area contributed by atoms with E-state index in [1.54, 1.807) is 0 Å². The molecule has 5 atom stereocenters. The Labute approximate surface area is 168 Å². The van der Waals surface area contributed by atoms with Crippen LogP contribution in [0.25, 0.3) is 0 Å². The van der Waals surface area contributed by atoms with Crippen LogP contribution in [0, 0.1) is 0 Å². The molecule has 2 unspecified atom stereocenters. The third-order valence-corrected chi connectivity index (χ3v) is 7.45. The number of hydrogen-bond acceptors (Lipinski definition) is 11. The lowest BCUT2D eigenvalue weighted by Crippen LogP contribution is -2.36. The number of phosphoric acid groups is 3. The number of hydrogen-bond donors (Lipinski definition) is 6. The van der Waals surface area contributed by atoms with E-state index < -0.39 is 54.2 Å². The number of nitrogen functional groups attached to an aromatic ring is 1. The van der Waals surface area contributed by atoms with Crippen molar-refractivity contribution in [3.05, 3.63) is 22.7 Å².